The van der Waals surface area contributed by atoms with E-state index in [1.807, 2.05) is 0 Å². The van der Waals surface area contributed by atoms with Crippen molar-refractivity contribution < 1.29 is 19.1 Å². The number of rotatable bonds is 5. The molecule has 1 N–H and O–H groups in total. The van der Waals surface area contributed by atoms with E-state index >= 15 is 0 Å². The summed E-state index contributed by atoms with van der Waals surface area (Å²) in [5.74, 6) is 1.78. The first kappa shape index (κ1) is 18.5. The summed E-state index contributed by atoms with van der Waals surface area (Å²) in [6.45, 7) is 4.62. The Morgan fingerprint density at radius 1 is 1.00 bits per heavy atom. The van der Waals surface area contributed by atoms with Gasteiger partial charge in [0.1, 0.15) is 17.2 Å². The van der Waals surface area contributed by atoms with Gasteiger partial charge >= 0.3 is 5.97 Å². The van der Waals surface area contributed by atoms with Crippen LogP contribution in [0.4, 0.5) is 0 Å². The van der Waals surface area contributed by atoms with Crippen LogP contribution in [0.1, 0.15) is 30.1 Å². The lowest BCUT2D eigenvalue weighted by Gasteiger charge is -2.44. The van der Waals surface area contributed by atoms with E-state index in [1.165, 1.54) is 19.8 Å². The van der Waals surface area contributed by atoms with Crippen LogP contribution in [0.15, 0.2) is 48.5 Å². The highest BCUT2D eigenvalue weighted by Crippen LogP contribution is 2.28. The molecule has 3 saturated heterocycles. The number of benzene rings is 2. The monoisotopic (exact) mass is 380 g/mol. The fraction of sp³-hybridized carbons (Fsp3) is 0.364. The lowest BCUT2D eigenvalue weighted by Crippen LogP contribution is -2.57. The summed E-state index contributed by atoms with van der Waals surface area (Å²) >= 11 is 0. The highest BCUT2D eigenvalue weighted by Gasteiger charge is 2.34. The van der Waals surface area contributed by atoms with Gasteiger partial charge in [-0.3, -0.25) is 9.59 Å². The predicted octanol–water partition coefficient (Wildman–Crippen LogP) is 3.23. The summed E-state index contributed by atoms with van der Waals surface area (Å²) in [5, 5.41) is 3.19. The van der Waals surface area contributed by atoms with Gasteiger partial charge < -0.3 is 19.7 Å². The van der Waals surface area contributed by atoms with Crippen LogP contribution in [-0.4, -0.2) is 42.5 Å². The number of fused-ring (bicyclic) bond motifs is 3. The van der Waals surface area contributed by atoms with Crippen LogP contribution in [0.2, 0.25) is 0 Å². The fourth-order valence-electron chi connectivity index (χ4n) is 3.96. The van der Waals surface area contributed by atoms with Gasteiger partial charge in [0.05, 0.1) is 0 Å². The summed E-state index contributed by atoms with van der Waals surface area (Å²) in [5.41, 5.74) is 0.623. The Hall–Kier alpha value is -2.86. The summed E-state index contributed by atoms with van der Waals surface area (Å²) in [4.78, 5) is 26.1. The topological polar surface area (TPSA) is 67.9 Å². The van der Waals surface area contributed by atoms with E-state index in [9.17, 15) is 9.59 Å². The molecule has 6 nitrogen and oxygen atoms in total. The largest absolute Gasteiger partial charge is 0.457 e. The second kappa shape index (κ2) is 8.02. The molecule has 3 aliphatic rings. The van der Waals surface area contributed by atoms with Crippen molar-refractivity contribution in [2.75, 3.05) is 19.6 Å². The summed E-state index contributed by atoms with van der Waals surface area (Å²) in [6, 6.07) is 14.2. The minimum Gasteiger partial charge on any atom is -0.457 e. The summed E-state index contributed by atoms with van der Waals surface area (Å²) in [6.07, 6.45) is 2.34. The number of carbonyl (C=O) groups excluding carboxylic acids is 2. The third-order valence-corrected chi connectivity index (χ3v) is 5.39. The van der Waals surface area contributed by atoms with Crippen molar-refractivity contribution >= 4 is 11.9 Å². The maximum absolute atomic E-state index is 12.6. The third kappa shape index (κ3) is 4.34. The molecule has 0 aliphatic carbocycles. The van der Waals surface area contributed by atoms with E-state index in [0.717, 1.165) is 19.6 Å². The molecular formula is C22H24N2O4. The van der Waals surface area contributed by atoms with Gasteiger partial charge in [-0.1, -0.05) is 6.07 Å². The van der Waals surface area contributed by atoms with Gasteiger partial charge in [0.2, 0.25) is 0 Å². The van der Waals surface area contributed by atoms with Crippen molar-refractivity contribution in [1.82, 2.24) is 10.2 Å². The molecule has 0 aromatic heterocycles. The maximum atomic E-state index is 12.6. The Bertz CT molecular complexity index is 857. The Balaban J connectivity index is 1.37. The first-order valence-corrected chi connectivity index (χ1v) is 9.66. The van der Waals surface area contributed by atoms with Crippen LogP contribution in [0.3, 0.4) is 0 Å². The van der Waals surface area contributed by atoms with Crippen LogP contribution < -0.4 is 14.8 Å². The van der Waals surface area contributed by atoms with Crippen LogP contribution >= 0.6 is 0 Å². The molecule has 1 unspecified atom stereocenters. The van der Waals surface area contributed by atoms with Crippen molar-refractivity contribution in [3.8, 4) is 17.2 Å². The number of nitrogens with one attached hydrogen (secondary N) is 1. The first-order valence-electron chi connectivity index (χ1n) is 9.66. The SMILES string of the molecule is CC(=O)Oc1cccc(Oc2ccc(C(=O)NC3CN4CCC3CC4)cc2)c1. The van der Waals surface area contributed by atoms with E-state index in [-0.39, 0.29) is 17.9 Å². The first-order chi connectivity index (χ1) is 13.6. The molecule has 3 heterocycles. The van der Waals surface area contributed by atoms with Crippen molar-refractivity contribution in [2.24, 2.45) is 5.92 Å². The minimum atomic E-state index is -0.379. The Morgan fingerprint density at radius 2 is 1.71 bits per heavy atom. The van der Waals surface area contributed by atoms with Gasteiger partial charge in [-0.15, -0.1) is 0 Å². The van der Waals surface area contributed by atoms with E-state index < -0.39 is 0 Å². The zero-order chi connectivity index (χ0) is 19.5. The second-order valence-corrected chi connectivity index (χ2v) is 7.41. The zero-order valence-electron chi connectivity index (χ0n) is 15.9. The predicted molar refractivity (Wildman–Crippen MR) is 105 cm³/mol. The number of hydrogen-bond donors (Lipinski definition) is 1. The number of amides is 1. The number of hydrogen-bond acceptors (Lipinski definition) is 5. The van der Waals surface area contributed by atoms with E-state index in [4.69, 9.17) is 9.47 Å². The van der Waals surface area contributed by atoms with Gasteiger partial charge in [-0.05, 0) is 68.2 Å². The molecule has 0 spiro atoms. The minimum absolute atomic E-state index is 0.0397. The standard InChI is InChI=1S/C22H24N2O4/c1-15(25)27-19-3-2-4-20(13-19)28-18-7-5-17(6-8-18)22(26)23-21-14-24-11-9-16(21)10-12-24/h2-8,13,16,21H,9-12,14H2,1H3,(H,23,26). The third-order valence-electron chi connectivity index (χ3n) is 5.39. The maximum Gasteiger partial charge on any atom is 0.308 e. The van der Waals surface area contributed by atoms with Crippen molar-refractivity contribution in [2.45, 2.75) is 25.8 Å². The summed E-state index contributed by atoms with van der Waals surface area (Å²) in [7, 11) is 0. The van der Waals surface area contributed by atoms with Gasteiger partial charge in [-0.2, -0.15) is 0 Å². The Kier molecular flexibility index (Phi) is 5.30. The van der Waals surface area contributed by atoms with Gasteiger partial charge in [-0.25, -0.2) is 0 Å². The van der Waals surface area contributed by atoms with E-state index in [1.54, 1.807) is 48.5 Å². The highest BCUT2D eigenvalue weighted by atomic mass is 16.5. The lowest BCUT2D eigenvalue weighted by atomic mass is 9.84. The Labute approximate surface area is 164 Å². The smallest absolute Gasteiger partial charge is 0.308 e. The average molecular weight is 380 g/mol. The molecule has 28 heavy (non-hydrogen) atoms. The number of nitrogens with zero attached hydrogens (tertiary/aromatic N) is 1. The van der Waals surface area contributed by atoms with Crippen molar-refractivity contribution in [3.05, 3.63) is 54.1 Å². The van der Waals surface area contributed by atoms with Gasteiger partial charge in [0.25, 0.3) is 5.91 Å². The normalized spacial score (nSPS) is 23.1. The lowest BCUT2D eigenvalue weighted by molar-refractivity contribution is -0.131. The molecule has 2 aromatic rings. The zero-order valence-corrected chi connectivity index (χ0v) is 15.9. The average Bonchev–Trinajstić information content (AvgIpc) is 2.69. The number of esters is 1. The van der Waals surface area contributed by atoms with Crippen LogP contribution in [0.25, 0.3) is 0 Å². The van der Waals surface area contributed by atoms with Crippen LogP contribution in [0, 0.1) is 5.92 Å². The fourth-order valence-corrected chi connectivity index (χ4v) is 3.96. The molecule has 3 aliphatic heterocycles. The van der Waals surface area contributed by atoms with E-state index in [0.29, 0.717) is 28.7 Å². The number of piperidine rings is 3. The molecule has 0 saturated carbocycles. The van der Waals surface area contributed by atoms with Crippen molar-refractivity contribution in [3.63, 3.8) is 0 Å². The van der Waals surface area contributed by atoms with Gasteiger partial charge in [0.15, 0.2) is 0 Å². The molecule has 6 heteroatoms. The van der Waals surface area contributed by atoms with Crippen LogP contribution in [0.5, 0.6) is 17.2 Å². The van der Waals surface area contributed by atoms with Crippen molar-refractivity contribution in [1.29, 1.82) is 0 Å². The number of carbonyl (C=O) groups is 2. The van der Waals surface area contributed by atoms with E-state index in [2.05, 4.69) is 10.2 Å². The molecule has 5 rings (SSSR count). The molecule has 0 radical (unpaired) electrons. The Morgan fingerprint density at radius 3 is 2.36 bits per heavy atom. The summed E-state index contributed by atoms with van der Waals surface area (Å²) < 4.78 is 10.9. The molecule has 3 fully saturated rings. The second-order valence-electron chi connectivity index (χ2n) is 7.41. The number of ether oxygens (including phenoxy) is 2. The molecular weight excluding hydrogens is 356 g/mol. The quantitative estimate of drug-likeness (QED) is 0.637. The molecule has 146 valence electrons. The molecule has 2 bridgehead atoms. The van der Waals surface area contributed by atoms with Crippen LogP contribution in [-0.2, 0) is 4.79 Å². The van der Waals surface area contributed by atoms with Gasteiger partial charge in [0, 0.05) is 31.1 Å². The molecule has 1 atom stereocenters. The highest BCUT2D eigenvalue weighted by molar-refractivity contribution is 5.94. The molecule has 2 aromatic carbocycles. The molecule has 1 amide bonds.